The maximum Gasteiger partial charge on any atom is 0.225 e. The topological polar surface area (TPSA) is 74.8 Å². The Morgan fingerprint density at radius 1 is 1.03 bits per heavy atom. The molecule has 3 atom stereocenters. The predicted molar refractivity (Wildman–Crippen MR) is 129 cm³/mol. The van der Waals surface area contributed by atoms with Gasteiger partial charge in [0, 0.05) is 50.9 Å². The van der Waals surface area contributed by atoms with Gasteiger partial charge in [0.15, 0.2) is 11.5 Å². The number of benzene rings is 1. The molecule has 2 N–H and O–H groups in total. The van der Waals surface area contributed by atoms with Gasteiger partial charge in [0.25, 0.3) is 0 Å². The van der Waals surface area contributed by atoms with Crippen LogP contribution in [0.1, 0.15) is 42.9 Å². The molecule has 0 aliphatic carbocycles. The fraction of sp³-hybridized carbons (Fsp3) is 0.600. The maximum absolute atomic E-state index is 5.50. The van der Waals surface area contributed by atoms with E-state index in [1.165, 1.54) is 31.2 Å². The van der Waals surface area contributed by atoms with Gasteiger partial charge in [-0.2, -0.15) is 0 Å². The first kappa shape index (κ1) is 22.4. The van der Waals surface area contributed by atoms with Crippen LogP contribution in [-0.4, -0.2) is 67.9 Å². The van der Waals surface area contributed by atoms with Crippen LogP contribution in [-0.2, 0) is 6.54 Å². The van der Waals surface area contributed by atoms with E-state index in [0.717, 1.165) is 62.4 Å². The Hall–Kier alpha value is -2.42. The highest BCUT2D eigenvalue weighted by atomic mass is 16.5. The molecule has 3 saturated heterocycles. The van der Waals surface area contributed by atoms with Crippen molar-refractivity contribution in [3.8, 4) is 11.5 Å². The van der Waals surface area contributed by atoms with E-state index in [1.807, 2.05) is 12.3 Å². The van der Waals surface area contributed by atoms with E-state index in [0.29, 0.717) is 17.9 Å². The molecule has 1 aromatic heterocycles. The molecule has 4 heterocycles. The molecule has 1 aromatic carbocycles. The summed E-state index contributed by atoms with van der Waals surface area (Å²) in [6, 6.07) is 8.72. The zero-order valence-corrected chi connectivity index (χ0v) is 19.8. The van der Waals surface area contributed by atoms with Gasteiger partial charge >= 0.3 is 0 Å². The first-order valence-corrected chi connectivity index (χ1v) is 12.2. The van der Waals surface area contributed by atoms with Gasteiger partial charge in [-0.1, -0.05) is 6.07 Å². The van der Waals surface area contributed by atoms with E-state index >= 15 is 0 Å². The third-order valence-electron chi connectivity index (χ3n) is 7.36. The summed E-state index contributed by atoms with van der Waals surface area (Å²) in [5, 5.41) is 0. The lowest BCUT2D eigenvalue weighted by Gasteiger charge is -2.37. The SMILES string of the molecule is COc1ccc(CN2CCCC(C3NNCC3c3ccnc(N4CCCC4)n3)C2)cc1OC. The largest absolute Gasteiger partial charge is 0.493 e. The summed E-state index contributed by atoms with van der Waals surface area (Å²) < 4.78 is 10.9. The minimum absolute atomic E-state index is 0.361. The Morgan fingerprint density at radius 3 is 2.70 bits per heavy atom. The molecule has 3 aliphatic heterocycles. The van der Waals surface area contributed by atoms with Gasteiger partial charge in [0.05, 0.1) is 19.9 Å². The smallest absolute Gasteiger partial charge is 0.225 e. The van der Waals surface area contributed by atoms with Gasteiger partial charge in [-0.05, 0) is 61.9 Å². The number of likely N-dealkylation sites (tertiary alicyclic amines) is 1. The quantitative estimate of drug-likeness (QED) is 0.664. The average Bonchev–Trinajstić information content (AvgIpc) is 3.57. The van der Waals surface area contributed by atoms with E-state index in [2.05, 4.69) is 43.8 Å². The molecule has 3 fully saturated rings. The molecule has 0 spiro atoms. The van der Waals surface area contributed by atoms with Crippen LogP contribution in [0, 0.1) is 5.92 Å². The number of nitrogens with one attached hydrogen (secondary N) is 2. The van der Waals surface area contributed by atoms with Crippen LogP contribution in [0.15, 0.2) is 30.5 Å². The molecule has 0 saturated carbocycles. The summed E-state index contributed by atoms with van der Waals surface area (Å²) in [6.45, 7) is 6.18. The van der Waals surface area contributed by atoms with Crippen molar-refractivity contribution in [2.24, 2.45) is 5.92 Å². The molecule has 33 heavy (non-hydrogen) atoms. The van der Waals surface area contributed by atoms with Crippen LogP contribution >= 0.6 is 0 Å². The number of hydrogen-bond donors (Lipinski definition) is 2. The van der Waals surface area contributed by atoms with Gasteiger partial charge in [-0.3, -0.25) is 15.8 Å². The molecule has 178 valence electrons. The number of methoxy groups -OCH3 is 2. The van der Waals surface area contributed by atoms with Crippen molar-refractivity contribution in [3.05, 3.63) is 41.7 Å². The number of rotatable bonds is 7. The summed E-state index contributed by atoms with van der Waals surface area (Å²) in [7, 11) is 3.37. The number of aromatic nitrogens is 2. The first-order valence-electron chi connectivity index (χ1n) is 12.2. The second kappa shape index (κ2) is 10.2. The molecule has 0 radical (unpaired) electrons. The van der Waals surface area contributed by atoms with Gasteiger partial charge in [0.2, 0.25) is 5.95 Å². The zero-order valence-electron chi connectivity index (χ0n) is 19.8. The summed E-state index contributed by atoms with van der Waals surface area (Å²) >= 11 is 0. The minimum atomic E-state index is 0.361. The zero-order chi connectivity index (χ0) is 22.6. The molecule has 0 amide bonds. The van der Waals surface area contributed by atoms with Gasteiger partial charge < -0.3 is 14.4 Å². The number of nitrogens with zero attached hydrogens (tertiary/aromatic N) is 4. The van der Waals surface area contributed by atoms with Crippen molar-refractivity contribution in [2.45, 2.75) is 44.2 Å². The summed E-state index contributed by atoms with van der Waals surface area (Å²) in [5.74, 6) is 3.40. The van der Waals surface area contributed by atoms with Crippen molar-refractivity contribution in [2.75, 3.05) is 51.8 Å². The molecule has 3 unspecified atom stereocenters. The fourth-order valence-electron chi connectivity index (χ4n) is 5.65. The van der Waals surface area contributed by atoms with Crippen LogP contribution in [0.2, 0.25) is 0 Å². The second-order valence-corrected chi connectivity index (χ2v) is 9.46. The highest BCUT2D eigenvalue weighted by Crippen LogP contribution is 2.33. The molecule has 5 rings (SSSR count). The number of ether oxygens (including phenoxy) is 2. The van der Waals surface area contributed by atoms with Crippen LogP contribution in [0.25, 0.3) is 0 Å². The highest BCUT2D eigenvalue weighted by Gasteiger charge is 2.37. The van der Waals surface area contributed by atoms with Crippen LogP contribution in [0.4, 0.5) is 5.95 Å². The first-order chi connectivity index (χ1) is 16.2. The Kier molecular flexibility index (Phi) is 6.94. The van der Waals surface area contributed by atoms with E-state index < -0.39 is 0 Å². The number of piperidine rings is 1. The second-order valence-electron chi connectivity index (χ2n) is 9.46. The standard InChI is InChI=1S/C25H36N6O2/c1-32-22-8-7-18(14-23(22)33-2)16-30-11-5-6-19(17-30)24-20(15-27-29-24)21-9-10-26-25(28-21)31-12-3-4-13-31/h7-10,14,19-20,24,27,29H,3-6,11-13,15-17H2,1-2H3. The normalized spacial score (nSPS) is 26.0. The molecule has 2 aromatic rings. The summed E-state index contributed by atoms with van der Waals surface area (Å²) in [4.78, 5) is 14.5. The Bertz CT molecular complexity index is 935. The Labute approximate surface area is 196 Å². The highest BCUT2D eigenvalue weighted by molar-refractivity contribution is 5.42. The van der Waals surface area contributed by atoms with Crippen molar-refractivity contribution in [1.29, 1.82) is 0 Å². The Balaban J connectivity index is 1.27. The summed E-state index contributed by atoms with van der Waals surface area (Å²) in [5.41, 5.74) is 9.44. The van der Waals surface area contributed by atoms with Crippen molar-refractivity contribution >= 4 is 5.95 Å². The maximum atomic E-state index is 5.50. The lowest BCUT2D eigenvalue weighted by atomic mass is 9.82. The van der Waals surface area contributed by atoms with E-state index in [-0.39, 0.29) is 0 Å². The van der Waals surface area contributed by atoms with E-state index in [1.54, 1.807) is 14.2 Å². The molecule has 3 aliphatic rings. The fourth-order valence-corrected chi connectivity index (χ4v) is 5.65. The lowest BCUT2D eigenvalue weighted by molar-refractivity contribution is 0.139. The number of anilines is 1. The van der Waals surface area contributed by atoms with Crippen LogP contribution in [0.5, 0.6) is 11.5 Å². The third-order valence-corrected chi connectivity index (χ3v) is 7.36. The molecular weight excluding hydrogens is 416 g/mol. The van der Waals surface area contributed by atoms with E-state index in [9.17, 15) is 0 Å². The van der Waals surface area contributed by atoms with Crippen LogP contribution in [0.3, 0.4) is 0 Å². The van der Waals surface area contributed by atoms with Crippen molar-refractivity contribution in [1.82, 2.24) is 25.7 Å². The van der Waals surface area contributed by atoms with Crippen molar-refractivity contribution in [3.63, 3.8) is 0 Å². The van der Waals surface area contributed by atoms with Crippen molar-refractivity contribution < 1.29 is 9.47 Å². The van der Waals surface area contributed by atoms with Gasteiger partial charge in [0.1, 0.15) is 0 Å². The van der Waals surface area contributed by atoms with Gasteiger partial charge in [-0.15, -0.1) is 0 Å². The number of hydrogen-bond acceptors (Lipinski definition) is 8. The van der Waals surface area contributed by atoms with E-state index in [4.69, 9.17) is 14.5 Å². The monoisotopic (exact) mass is 452 g/mol. The Morgan fingerprint density at radius 2 is 1.88 bits per heavy atom. The number of hydrazine groups is 1. The minimum Gasteiger partial charge on any atom is -0.493 e. The molecular formula is C25H36N6O2. The average molecular weight is 453 g/mol. The van der Waals surface area contributed by atoms with Gasteiger partial charge in [-0.25, -0.2) is 9.97 Å². The lowest BCUT2D eigenvalue weighted by Crippen LogP contribution is -2.46. The molecule has 0 bridgehead atoms. The predicted octanol–water partition coefficient (Wildman–Crippen LogP) is 2.57. The molecule has 8 heteroatoms. The summed E-state index contributed by atoms with van der Waals surface area (Å²) in [6.07, 6.45) is 6.87. The third kappa shape index (κ3) is 4.93. The van der Waals surface area contributed by atoms with Crippen LogP contribution < -0.4 is 25.2 Å². The molecule has 8 nitrogen and oxygen atoms in total.